The van der Waals surface area contributed by atoms with Gasteiger partial charge in [-0.05, 0) is 25.9 Å². The zero-order valence-electron chi connectivity index (χ0n) is 5.34. The summed E-state index contributed by atoms with van der Waals surface area (Å²) in [5, 5.41) is 3.22. The largest absolute Gasteiger partial charge is 0.317 e. The molecule has 0 unspecified atom stereocenters. The van der Waals surface area contributed by atoms with E-state index >= 15 is 0 Å². The number of alkyl halides is 4. The molecule has 10 heavy (non-hydrogen) atoms. The lowest BCUT2D eigenvalue weighted by Crippen LogP contribution is -2.03. The SMILES string of the molecule is C1CCNC1.ClC(Cl)(Cl)Cl. The minimum absolute atomic E-state index is 1.25. The Bertz CT molecular complexity index is 62.6. The van der Waals surface area contributed by atoms with Gasteiger partial charge in [0.25, 0.3) is 3.25 Å². The minimum atomic E-state index is -1.61. The van der Waals surface area contributed by atoms with Gasteiger partial charge in [-0.25, -0.2) is 0 Å². The normalized spacial score (nSPS) is 18.0. The first-order valence-electron chi connectivity index (χ1n) is 2.96. The van der Waals surface area contributed by atoms with Gasteiger partial charge in [-0.2, -0.15) is 0 Å². The molecular weight excluding hydrogens is 216 g/mol. The number of hydrogen-bond acceptors (Lipinski definition) is 1. The monoisotopic (exact) mass is 223 g/mol. The number of nitrogens with one attached hydrogen (secondary N) is 1. The minimum Gasteiger partial charge on any atom is -0.317 e. The number of rotatable bonds is 0. The maximum atomic E-state index is 4.83. The molecule has 1 heterocycles. The van der Waals surface area contributed by atoms with E-state index in [1.165, 1.54) is 25.9 Å². The van der Waals surface area contributed by atoms with Crippen molar-refractivity contribution in [3.8, 4) is 0 Å². The Morgan fingerprint density at radius 3 is 1.30 bits per heavy atom. The molecule has 1 nitrogen and oxygen atoms in total. The van der Waals surface area contributed by atoms with Crippen molar-refractivity contribution in [3.63, 3.8) is 0 Å². The summed E-state index contributed by atoms with van der Waals surface area (Å²) >= 11 is 19.3. The Morgan fingerprint density at radius 1 is 0.900 bits per heavy atom. The average molecular weight is 225 g/mol. The number of halogens is 4. The first-order valence-corrected chi connectivity index (χ1v) is 4.47. The molecule has 1 aliphatic rings. The van der Waals surface area contributed by atoms with E-state index in [-0.39, 0.29) is 0 Å². The van der Waals surface area contributed by atoms with Crippen molar-refractivity contribution in [1.29, 1.82) is 0 Å². The van der Waals surface area contributed by atoms with Crippen molar-refractivity contribution >= 4 is 46.4 Å². The molecule has 1 saturated heterocycles. The van der Waals surface area contributed by atoms with Crippen LogP contribution in [0, 0.1) is 0 Å². The fourth-order valence-electron chi connectivity index (χ4n) is 0.625. The Balaban J connectivity index is 0.000000162. The summed E-state index contributed by atoms with van der Waals surface area (Å²) in [4.78, 5) is 0. The van der Waals surface area contributed by atoms with E-state index < -0.39 is 3.25 Å². The van der Waals surface area contributed by atoms with E-state index in [1.54, 1.807) is 0 Å². The summed E-state index contributed by atoms with van der Waals surface area (Å²) in [5.41, 5.74) is 0. The van der Waals surface area contributed by atoms with Crippen LogP contribution in [-0.2, 0) is 0 Å². The lowest BCUT2D eigenvalue weighted by Gasteiger charge is -1.91. The summed E-state index contributed by atoms with van der Waals surface area (Å²) in [6.45, 7) is 2.50. The van der Waals surface area contributed by atoms with Crippen LogP contribution in [0.1, 0.15) is 12.8 Å². The van der Waals surface area contributed by atoms with Crippen LogP contribution in [0.3, 0.4) is 0 Å². The molecule has 1 N–H and O–H groups in total. The lowest BCUT2D eigenvalue weighted by atomic mass is 10.4. The van der Waals surface area contributed by atoms with Gasteiger partial charge in [-0.15, -0.1) is 0 Å². The van der Waals surface area contributed by atoms with Gasteiger partial charge in [0.2, 0.25) is 0 Å². The summed E-state index contributed by atoms with van der Waals surface area (Å²) in [6, 6.07) is 0. The molecular formula is C5H9Cl4N. The first-order chi connectivity index (χ1) is 4.50. The van der Waals surface area contributed by atoms with E-state index in [2.05, 4.69) is 5.32 Å². The van der Waals surface area contributed by atoms with Gasteiger partial charge in [0.1, 0.15) is 0 Å². The van der Waals surface area contributed by atoms with E-state index in [9.17, 15) is 0 Å². The van der Waals surface area contributed by atoms with Gasteiger partial charge in [-0.3, -0.25) is 0 Å². The van der Waals surface area contributed by atoms with E-state index in [0.717, 1.165) is 0 Å². The van der Waals surface area contributed by atoms with Crippen molar-refractivity contribution in [3.05, 3.63) is 0 Å². The Labute approximate surface area is 81.0 Å². The van der Waals surface area contributed by atoms with E-state index in [1.807, 2.05) is 0 Å². The van der Waals surface area contributed by atoms with Crippen molar-refractivity contribution in [2.45, 2.75) is 16.1 Å². The predicted octanol–water partition coefficient (Wildman–Crippen LogP) is 2.92. The second-order valence-electron chi connectivity index (χ2n) is 1.89. The molecule has 0 amide bonds. The molecule has 0 radical (unpaired) electrons. The molecule has 1 rings (SSSR count). The van der Waals surface area contributed by atoms with Gasteiger partial charge in [0.05, 0.1) is 0 Å². The molecule has 0 aromatic heterocycles. The molecule has 62 valence electrons. The van der Waals surface area contributed by atoms with Crippen molar-refractivity contribution in [2.75, 3.05) is 13.1 Å². The van der Waals surface area contributed by atoms with Crippen molar-refractivity contribution in [1.82, 2.24) is 5.32 Å². The van der Waals surface area contributed by atoms with E-state index in [0.29, 0.717) is 0 Å². The van der Waals surface area contributed by atoms with Crippen molar-refractivity contribution in [2.24, 2.45) is 0 Å². The second-order valence-corrected chi connectivity index (χ2v) is 5.31. The third-order valence-corrected chi connectivity index (χ3v) is 0.957. The van der Waals surface area contributed by atoms with Gasteiger partial charge in [-0.1, -0.05) is 46.4 Å². The highest BCUT2D eigenvalue weighted by Crippen LogP contribution is 2.29. The van der Waals surface area contributed by atoms with Crippen LogP contribution in [0.4, 0.5) is 0 Å². The standard InChI is InChI=1S/C4H9N.CCl4/c1-2-4-5-3-1;2-1(3,4)5/h5H,1-4H2;. The van der Waals surface area contributed by atoms with Gasteiger partial charge in [0.15, 0.2) is 0 Å². The van der Waals surface area contributed by atoms with Crippen LogP contribution in [0.5, 0.6) is 0 Å². The van der Waals surface area contributed by atoms with Gasteiger partial charge < -0.3 is 5.32 Å². The van der Waals surface area contributed by atoms with Crippen LogP contribution < -0.4 is 5.32 Å². The smallest absolute Gasteiger partial charge is 0.266 e. The Hall–Kier alpha value is 1.12. The summed E-state index contributed by atoms with van der Waals surface area (Å²) in [5.74, 6) is 0. The quantitative estimate of drug-likeness (QED) is 0.625. The van der Waals surface area contributed by atoms with Gasteiger partial charge in [0, 0.05) is 0 Å². The zero-order valence-corrected chi connectivity index (χ0v) is 8.36. The lowest BCUT2D eigenvalue weighted by molar-refractivity contribution is 0.857. The van der Waals surface area contributed by atoms with Crippen LogP contribution in [-0.4, -0.2) is 16.3 Å². The van der Waals surface area contributed by atoms with E-state index in [4.69, 9.17) is 46.4 Å². The van der Waals surface area contributed by atoms with Crippen LogP contribution in [0.15, 0.2) is 0 Å². The molecule has 0 aliphatic carbocycles. The Morgan fingerprint density at radius 2 is 1.20 bits per heavy atom. The van der Waals surface area contributed by atoms with Crippen molar-refractivity contribution < 1.29 is 0 Å². The fraction of sp³-hybridized carbons (Fsp3) is 1.00. The molecule has 0 aromatic carbocycles. The summed E-state index contributed by atoms with van der Waals surface area (Å²) in [6.07, 6.45) is 2.78. The van der Waals surface area contributed by atoms with Gasteiger partial charge >= 0.3 is 0 Å². The fourth-order valence-corrected chi connectivity index (χ4v) is 0.625. The van der Waals surface area contributed by atoms with Crippen LogP contribution in [0.2, 0.25) is 0 Å². The highest BCUT2D eigenvalue weighted by molar-refractivity contribution is 6.83. The zero-order chi connectivity index (χ0) is 8.04. The van der Waals surface area contributed by atoms with Crippen LogP contribution >= 0.6 is 46.4 Å². The molecule has 0 spiro atoms. The number of hydrogen-bond donors (Lipinski definition) is 1. The molecule has 0 saturated carbocycles. The summed E-state index contributed by atoms with van der Waals surface area (Å²) < 4.78 is -1.61. The molecule has 1 fully saturated rings. The second kappa shape index (κ2) is 5.73. The summed E-state index contributed by atoms with van der Waals surface area (Å²) in [7, 11) is 0. The predicted molar refractivity (Wildman–Crippen MR) is 48.2 cm³/mol. The molecule has 5 heteroatoms. The highest BCUT2D eigenvalue weighted by Gasteiger charge is 2.11. The molecule has 0 atom stereocenters. The maximum Gasteiger partial charge on any atom is 0.266 e. The molecule has 0 bridgehead atoms. The molecule has 1 aliphatic heterocycles. The third kappa shape index (κ3) is 16.1. The first kappa shape index (κ1) is 11.1. The highest BCUT2D eigenvalue weighted by atomic mass is 35.6. The Kier molecular flexibility index (Phi) is 6.37. The average Bonchev–Trinajstić information content (AvgIpc) is 2.07. The third-order valence-electron chi connectivity index (χ3n) is 0.957. The van der Waals surface area contributed by atoms with Crippen LogP contribution in [0.25, 0.3) is 0 Å². The maximum absolute atomic E-state index is 4.83. The topological polar surface area (TPSA) is 12.0 Å². The molecule has 0 aromatic rings.